The summed E-state index contributed by atoms with van der Waals surface area (Å²) in [6.45, 7) is 2.48. The minimum atomic E-state index is -3.52. The highest BCUT2D eigenvalue weighted by molar-refractivity contribution is 7.89. The average molecular weight is 351 g/mol. The summed E-state index contributed by atoms with van der Waals surface area (Å²) in [7, 11) is -3.52. The molecular weight excluding hydrogens is 330 g/mol. The molecule has 1 saturated heterocycles. The Morgan fingerprint density at radius 1 is 1.00 bits per heavy atom. The van der Waals surface area contributed by atoms with E-state index in [9.17, 15) is 8.42 Å². The standard InChI is InChI=1S/C21H21NO2S/c1-17-10-12-19(13-11-17)25(23,24)22-16-15-21(14-6-5-9-20(21)22)18-7-3-2-4-8-18/h2-14,20H,15-16H2,1H3/t20-,21-/m1/s1. The van der Waals surface area contributed by atoms with Gasteiger partial charge >= 0.3 is 0 Å². The van der Waals surface area contributed by atoms with Crippen molar-refractivity contribution in [1.29, 1.82) is 0 Å². The van der Waals surface area contributed by atoms with Gasteiger partial charge < -0.3 is 0 Å². The number of benzene rings is 2. The maximum atomic E-state index is 13.2. The molecule has 2 atom stereocenters. The Kier molecular flexibility index (Phi) is 3.89. The van der Waals surface area contributed by atoms with Gasteiger partial charge in [-0.2, -0.15) is 4.31 Å². The molecule has 1 aliphatic carbocycles. The second kappa shape index (κ2) is 5.97. The predicted molar refractivity (Wildman–Crippen MR) is 99.9 cm³/mol. The van der Waals surface area contributed by atoms with Gasteiger partial charge in [-0.3, -0.25) is 0 Å². The van der Waals surface area contributed by atoms with E-state index < -0.39 is 10.0 Å². The van der Waals surface area contributed by atoms with Gasteiger partial charge in [-0.25, -0.2) is 8.42 Å². The third-order valence-electron chi connectivity index (χ3n) is 5.32. The van der Waals surface area contributed by atoms with Crippen molar-refractivity contribution >= 4 is 10.0 Å². The van der Waals surface area contributed by atoms with Crippen molar-refractivity contribution in [1.82, 2.24) is 4.31 Å². The largest absolute Gasteiger partial charge is 0.243 e. The second-order valence-electron chi connectivity index (χ2n) is 6.77. The normalized spacial score (nSPS) is 25.9. The van der Waals surface area contributed by atoms with Crippen molar-refractivity contribution in [3.05, 3.63) is 90.0 Å². The molecule has 0 aromatic heterocycles. The summed E-state index contributed by atoms with van der Waals surface area (Å²) >= 11 is 0. The lowest BCUT2D eigenvalue weighted by Crippen LogP contribution is -2.43. The molecule has 3 nitrogen and oxygen atoms in total. The van der Waals surface area contributed by atoms with E-state index in [4.69, 9.17) is 0 Å². The zero-order chi connectivity index (χ0) is 17.5. The van der Waals surface area contributed by atoms with Crippen LogP contribution in [0.1, 0.15) is 17.5 Å². The van der Waals surface area contributed by atoms with E-state index in [2.05, 4.69) is 18.2 Å². The summed E-state index contributed by atoms with van der Waals surface area (Å²) in [6, 6.07) is 17.1. The fourth-order valence-electron chi connectivity index (χ4n) is 3.96. The fraction of sp³-hybridized carbons (Fsp3) is 0.238. The number of allylic oxidation sites excluding steroid dienone is 2. The zero-order valence-corrected chi connectivity index (χ0v) is 15.0. The van der Waals surface area contributed by atoms with Gasteiger partial charge in [0.1, 0.15) is 0 Å². The van der Waals surface area contributed by atoms with Crippen LogP contribution in [0.2, 0.25) is 0 Å². The van der Waals surface area contributed by atoms with E-state index in [1.54, 1.807) is 16.4 Å². The Labute approximate surface area is 149 Å². The highest BCUT2D eigenvalue weighted by atomic mass is 32.2. The molecule has 128 valence electrons. The first-order valence-corrected chi connectivity index (χ1v) is 9.98. The summed E-state index contributed by atoms with van der Waals surface area (Å²) < 4.78 is 28.1. The smallest absolute Gasteiger partial charge is 0.207 e. The molecule has 1 heterocycles. The number of hydrogen-bond acceptors (Lipinski definition) is 2. The van der Waals surface area contributed by atoms with Gasteiger partial charge in [-0.15, -0.1) is 0 Å². The van der Waals surface area contributed by atoms with Crippen LogP contribution >= 0.6 is 0 Å². The molecule has 0 bridgehead atoms. The van der Waals surface area contributed by atoms with Crippen LogP contribution in [0.4, 0.5) is 0 Å². The summed E-state index contributed by atoms with van der Waals surface area (Å²) in [6.07, 6.45) is 8.96. The van der Waals surface area contributed by atoms with Crippen molar-refractivity contribution in [2.45, 2.75) is 29.7 Å². The molecule has 2 aliphatic rings. The lowest BCUT2D eigenvalue weighted by Gasteiger charge is -2.36. The molecule has 0 amide bonds. The highest BCUT2D eigenvalue weighted by Gasteiger charge is 2.50. The summed E-state index contributed by atoms with van der Waals surface area (Å²) in [5.74, 6) is 0. The van der Waals surface area contributed by atoms with Gasteiger partial charge in [0, 0.05) is 12.0 Å². The zero-order valence-electron chi connectivity index (χ0n) is 14.2. The van der Waals surface area contributed by atoms with E-state index in [1.165, 1.54) is 5.56 Å². The van der Waals surface area contributed by atoms with Crippen LogP contribution in [0, 0.1) is 6.92 Å². The van der Waals surface area contributed by atoms with Crippen LogP contribution in [0.5, 0.6) is 0 Å². The lowest BCUT2D eigenvalue weighted by atomic mass is 9.72. The van der Waals surface area contributed by atoms with Crippen LogP contribution in [0.25, 0.3) is 0 Å². The molecule has 25 heavy (non-hydrogen) atoms. The van der Waals surface area contributed by atoms with Crippen LogP contribution in [0.15, 0.2) is 83.8 Å². The Hall–Kier alpha value is -2.17. The number of nitrogens with zero attached hydrogens (tertiary/aromatic N) is 1. The van der Waals surface area contributed by atoms with Crippen molar-refractivity contribution in [3.63, 3.8) is 0 Å². The molecule has 2 aromatic carbocycles. The fourth-order valence-corrected chi connectivity index (χ4v) is 5.60. The van der Waals surface area contributed by atoms with E-state index in [0.717, 1.165) is 12.0 Å². The first kappa shape index (κ1) is 16.3. The lowest BCUT2D eigenvalue weighted by molar-refractivity contribution is 0.387. The minimum absolute atomic E-state index is 0.189. The number of rotatable bonds is 3. The van der Waals surface area contributed by atoms with Crippen LogP contribution in [0.3, 0.4) is 0 Å². The summed E-state index contributed by atoms with van der Waals surface area (Å²) in [5.41, 5.74) is 1.94. The molecule has 1 aliphatic heterocycles. The third kappa shape index (κ3) is 2.57. The van der Waals surface area contributed by atoms with E-state index in [0.29, 0.717) is 11.4 Å². The monoisotopic (exact) mass is 351 g/mol. The second-order valence-corrected chi connectivity index (χ2v) is 8.66. The third-order valence-corrected chi connectivity index (χ3v) is 7.22. The molecule has 1 fully saturated rings. The number of hydrogen-bond donors (Lipinski definition) is 0. The molecule has 2 aromatic rings. The molecular formula is C21H21NO2S. The molecule has 0 spiro atoms. The van der Waals surface area contributed by atoms with Crippen molar-refractivity contribution < 1.29 is 8.42 Å². The van der Waals surface area contributed by atoms with Crippen LogP contribution in [-0.4, -0.2) is 25.3 Å². The first-order chi connectivity index (χ1) is 12.0. The van der Waals surface area contributed by atoms with Gasteiger partial charge in [0.25, 0.3) is 0 Å². The maximum Gasteiger partial charge on any atom is 0.243 e. The van der Waals surface area contributed by atoms with Crippen molar-refractivity contribution in [3.8, 4) is 0 Å². The Morgan fingerprint density at radius 2 is 1.72 bits per heavy atom. The molecule has 0 N–H and O–H groups in total. The molecule has 4 rings (SSSR count). The van der Waals surface area contributed by atoms with Gasteiger partial charge in [0.15, 0.2) is 0 Å². The predicted octanol–water partition coefficient (Wildman–Crippen LogP) is 3.82. The molecule has 4 heteroatoms. The summed E-state index contributed by atoms with van der Waals surface area (Å²) in [5, 5.41) is 0. The van der Waals surface area contributed by atoms with Crippen LogP contribution < -0.4 is 0 Å². The van der Waals surface area contributed by atoms with Gasteiger partial charge in [0.05, 0.1) is 10.9 Å². The maximum absolute atomic E-state index is 13.2. The van der Waals surface area contributed by atoms with E-state index in [-0.39, 0.29) is 11.5 Å². The highest BCUT2D eigenvalue weighted by Crippen LogP contribution is 2.45. The molecule has 0 saturated carbocycles. The van der Waals surface area contributed by atoms with E-state index >= 15 is 0 Å². The van der Waals surface area contributed by atoms with Crippen LogP contribution in [-0.2, 0) is 15.4 Å². The van der Waals surface area contributed by atoms with Gasteiger partial charge in [0.2, 0.25) is 10.0 Å². The Bertz CT molecular complexity index is 930. The quantitative estimate of drug-likeness (QED) is 0.843. The van der Waals surface area contributed by atoms with Crippen molar-refractivity contribution in [2.75, 3.05) is 6.54 Å². The number of sulfonamides is 1. The molecule has 0 unspecified atom stereocenters. The average Bonchev–Trinajstić information content (AvgIpc) is 3.04. The minimum Gasteiger partial charge on any atom is -0.207 e. The Morgan fingerprint density at radius 3 is 2.44 bits per heavy atom. The SMILES string of the molecule is Cc1ccc(S(=O)(=O)N2CC[C@@]3(c4ccccc4)C=CC=C[C@@H]23)cc1. The first-order valence-electron chi connectivity index (χ1n) is 8.54. The van der Waals surface area contributed by atoms with Crippen molar-refractivity contribution in [2.24, 2.45) is 0 Å². The molecule has 0 radical (unpaired) electrons. The number of fused-ring (bicyclic) bond motifs is 1. The Balaban J connectivity index is 1.77. The topological polar surface area (TPSA) is 37.4 Å². The van der Waals surface area contributed by atoms with Gasteiger partial charge in [-0.1, -0.05) is 72.3 Å². The van der Waals surface area contributed by atoms with Gasteiger partial charge in [-0.05, 0) is 31.0 Å². The van der Waals surface area contributed by atoms with E-state index in [1.807, 2.05) is 55.5 Å². The summed E-state index contributed by atoms with van der Waals surface area (Å²) in [4.78, 5) is 0.366. The number of aryl methyl sites for hydroxylation is 1.